The third-order valence-corrected chi connectivity index (χ3v) is 1.87. The standard InChI is InChI=1S/C7H8BrNO/c1-9-5-2-3-7(10)6(8)4-5/h2-4,9-10H,1H3. The molecular weight excluding hydrogens is 194 g/mol. The van der Waals surface area contributed by atoms with Crippen LogP contribution in [0, 0.1) is 0 Å². The maximum absolute atomic E-state index is 9.06. The summed E-state index contributed by atoms with van der Waals surface area (Å²) < 4.78 is 0.708. The van der Waals surface area contributed by atoms with Gasteiger partial charge in [-0.3, -0.25) is 0 Å². The van der Waals surface area contributed by atoms with Crippen molar-refractivity contribution in [3.63, 3.8) is 0 Å². The quantitative estimate of drug-likeness (QED) is 0.684. The fourth-order valence-corrected chi connectivity index (χ4v) is 1.04. The average Bonchev–Trinajstić information content (AvgIpc) is 1.95. The molecule has 54 valence electrons. The Morgan fingerprint density at radius 2 is 2.20 bits per heavy atom. The molecule has 0 spiro atoms. The number of nitrogens with one attached hydrogen (secondary N) is 1. The van der Waals surface area contributed by atoms with Gasteiger partial charge in [0.1, 0.15) is 5.75 Å². The zero-order valence-corrected chi connectivity index (χ0v) is 7.14. The molecule has 0 amide bonds. The fraction of sp³-hybridized carbons (Fsp3) is 0.143. The van der Waals surface area contributed by atoms with Crippen molar-refractivity contribution in [2.24, 2.45) is 0 Å². The lowest BCUT2D eigenvalue weighted by Gasteiger charge is -2.00. The molecule has 0 unspecified atom stereocenters. The zero-order valence-electron chi connectivity index (χ0n) is 5.56. The molecule has 0 bridgehead atoms. The summed E-state index contributed by atoms with van der Waals surface area (Å²) in [5.74, 6) is 0.263. The molecule has 0 saturated carbocycles. The van der Waals surface area contributed by atoms with Crippen molar-refractivity contribution in [3.8, 4) is 5.75 Å². The molecule has 0 aliphatic rings. The number of aromatic hydroxyl groups is 1. The van der Waals surface area contributed by atoms with Gasteiger partial charge in [-0.1, -0.05) is 0 Å². The van der Waals surface area contributed by atoms with Crippen LogP contribution in [0.25, 0.3) is 0 Å². The Morgan fingerprint density at radius 3 is 2.70 bits per heavy atom. The van der Waals surface area contributed by atoms with Crippen molar-refractivity contribution in [3.05, 3.63) is 22.7 Å². The van der Waals surface area contributed by atoms with Crippen molar-refractivity contribution in [1.82, 2.24) is 0 Å². The summed E-state index contributed by atoms with van der Waals surface area (Å²) in [5.41, 5.74) is 0.977. The van der Waals surface area contributed by atoms with E-state index in [1.54, 1.807) is 12.1 Å². The van der Waals surface area contributed by atoms with Crippen molar-refractivity contribution < 1.29 is 5.11 Å². The molecule has 1 aromatic rings. The normalized spacial score (nSPS) is 9.40. The van der Waals surface area contributed by atoms with Gasteiger partial charge < -0.3 is 10.4 Å². The van der Waals surface area contributed by atoms with Crippen molar-refractivity contribution in [2.45, 2.75) is 0 Å². The first-order valence-corrected chi connectivity index (χ1v) is 3.69. The first kappa shape index (κ1) is 7.41. The van der Waals surface area contributed by atoms with Gasteiger partial charge in [0.05, 0.1) is 4.47 Å². The zero-order chi connectivity index (χ0) is 7.56. The summed E-state index contributed by atoms with van der Waals surface area (Å²) in [4.78, 5) is 0. The SMILES string of the molecule is CNc1ccc(O)c(Br)c1. The van der Waals surface area contributed by atoms with Gasteiger partial charge in [-0.2, -0.15) is 0 Å². The highest BCUT2D eigenvalue weighted by atomic mass is 79.9. The van der Waals surface area contributed by atoms with Crippen molar-refractivity contribution in [2.75, 3.05) is 12.4 Å². The fourth-order valence-electron chi connectivity index (χ4n) is 0.662. The highest BCUT2D eigenvalue weighted by Gasteiger charge is 1.95. The van der Waals surface area contributed by atoms with E-state index in [2.05, 4.69) is 21.2 Å². The lowest BCUT2D eigenvalue weighted by molar-refractivity contribution is 0.472. The minimum atomic E-state index is 0.263. The Morgan fingerprint density at radius 1 is 1.50 bits per heavy atom. The molecule has 0 aromatic heterocycles. The van der Waals surface area contributed by atoms with Crippen molar-refractivity contribution >= 4 is 21.6 Å². The molecule has 0 atom stereocenters. The topological polar surface area (TPSA) is 32.3 Å². The summed E-state index contributed by atoms with van der Waals surface area (Å²) in [6.45, 7) is 0. The van der Waals surface area contributed by atoms with Gasteiger partial charge in [-0.15, -0.1) is 0 Å². The molecule has 2 nitrogen and oxygen atoms in total. The second-order valence-electron chi connectivity index (χ2n) is 1.92. The van der Waals surface area contributed by atoms with Crippen LogP contribution in [0.2, 0.25) is 0 Å². The van der Waals surface area contributed by atoms with E-state index < -0.39 is 0 Å². The van der Waals surface area contributed by atoms with Crippen LogP contribution in [0.5, 0.6) is 5.75 Å². The van der Waals surface area contributed by atoms with Gasteiger partial charge >= 0.3 is 0 Å². The van der Waals surface area contributed by atoms with E-state index in [1.807, 2.05) is 13.1 Å². The van der Waals surface area contributed by atoms with Crippen LogP contribution in [0.4, 0.5) is 5.69 Å². The predicted octanol–water partition coefficient (Wildman–Crippen LogP) is 2.20. The predicted molar refractivity (Wildman–Crippen MR) is 45.4 cm³/mol. The maximum atomic E-state index is 9.06. The van der Waals surface area contributed by atoms with E-state index >= 15 is 0 Å². The van der Waals surface area contributed by atoms with Gasteiger partial charge in [0.15, 0.2) is 0 Å². The molecule has 1 aromatic carbocycles. The van der Waals surface area contributed by atoms with Gasteiger partial charge in [0.2, 0.25) is 0 Å². The molecule has 0 radical (unpaired) electrons. The Kier molecular flexibility index (Phi) is 2.17. The number of anilines is 1. The van der Waals surface area contributed by atoms with Crippen LogP contribution in [0.15, 0.2) is 22.7 Å². The lowest BCUT2D eigenvalue weighted by atomic mass is 10.3. The van der Waals surface area contributed by atoms with Gasteiger partial charge in [0, 0.05) is 12.7 Å². The number of phenolic OH excluding ortho intramolecular Hbond substituents is 1. The molecule has 0 heterocycles. The number of phenols is 1. The average molecular weight is 202 g/mol. The van der Waals surface area contributed by atoms with E-state index in [0.29, 0.717) is 4.47 Å². The summed E-state index contributed by atoms with van der Waals surface area (Å²) in [6, 6.07) is 5.26. The minimum absolute atomic E-state index is 0.263. The molecule has 1 rings (SSSR count). The smallest absolute Gasteiger partial charge is 0.129 e. The minimum Gasteiger partial charge on any atom is -0.507 e. The van der Waals surface area contributed by atoms with Crippen LogP contribution in [0.1, 0.15) is 0 Å². The van der Waals surface area contributed by atoms with E-state index in [-0.39, 0.29) is 5.75 Å². The third kappa shape index (κ3) is 1.42. The number of benzene rings is 1. The van der Waals surface area contributed by atoms with E-state index in [0.717, 1.165) is 5.69 Å². The maximum Gasteiger partial charge on any atom is 0.129 e. The third-order valence-electron chi connectivity index (χ3n) is 1.24. The number of hydrogen-bond acceptors (Lipinski definition) is 2. The van der Waals surface area contributed by atoms with E-state index in [4.69, 9.17) is 5.11 Å². The highest BCUT2D eigenvalue weighted by Crippen LogP contribution is 2.25. The monoisotopic (exact) mass is 201 g/mol. The largest absolute Gasteiger partial charge is 0.507 e. The van der Waals surface area contributed by atoms with E-state index in [9.17, 15) is 0 Å². The molecule has 0 aliphatic heterocycles. The number of rotatable bonds is 1. The van der Waals surface area contributed by atoms with Gasteiger partial charge in [0.25, 0.3) is 0 Å². The van der Waals surface area contributed by atoms with Crippen LogP contribution in [-0.2, 0) is 0 Å². The van der Waals surface area contributed by atoms with Crippen LogP contribution >= 0.6 is 15.9 Å². The van der Waals surface area contributed by atoms with Gasteiger partial charge in [-0.25, -0.2) is 0 Å². The number of halogens is 1. The van der Waals surface area contributed by atoms with Crippen LogP contribution < -0.4 is 5.32 Å². The molecular formula is C7H8BrNO. The van der Waals surface area contributed by atoms with Gasteiger partial charge in [-0.05, 0) is 34.1 Å². The molecule has 0 saturated heterocycles. The first-order chi connectivity index (χ1) is 4.74. The van der Waals surface area contributed by atoms with Crippen molar-refractivity contribution in [1.29, 1.82) is 0 Å². The van der Waals surface area contributed by atoms with Crippen LogP contribution in [0.3, 0.4) is 0 Å². The summed E-state index contributed by atoms with van der Waals surface area (Å²) in [7, 11) is 1.83. The summed E-state index contributed by atoms with van der Waals surface area (Å²) in [6.07, 6.45) is 0. The number of hydrogen-bond donors (Lipinski definition) is 2. The molecule has 10 heavy (non-hydrogen) atoms. The second-order valence-corrected chi connectivity index (χ2v) is 2.77. The molecule has 3 heteroatoms. The Bertz CT molecular complexity index is 237. The highest BCUT2D eigenvalue weighted by molar-refractivity contribution is 9.10. The Labute approximate surface area is 68.0 Å². The van der Waals surface area contributed by atoms with E-state index in [1.165, 1.54) is 0 Å². The molecule has 0 fully saturated rings. The summed E-state index contributed by atoms with van der Waals surface area (Å²) >= 11 is 3.20. The first-order valence-electron chi connectivity index (χ1n) is 2.90. The second kappa shape index (κ2) is 2.92. The molecule has 0 aliphatic carbocycles. The molecule has 2 N–H and O–H groups in total. The summed E-state index contributed by atoms with van der Waals surface area (Å²) in [5, 5.41) is 12.0. The van der Waals surface area contributed by atoms with Crippen LogP contribution in [-0.4, -0.2) is 12.2 Å². The lowest BCUT2D eigenvalue weighted by Crippen LogP contribution is -1.86. The Hall–Kier alpha value is -0.700. The Balaban J connectivity index is 3.04.